The molecule has 4 nitrogen and oxygen atoms in total. The van der Waals surface area contributed by atoms with Crippen LogP contribution in [-0.4, -0.2) is 5.21 Å². The lowest BCUT2D eigenvalue weighted by molar-refractivity contribution is -0.825. The van der Waals surface area contributed by atoms with Gasteiger partial charge in [-0.15, -0.1) is 0 Å². The molecule has 0 atom stereocenters. The SMILES string of the molecule is Nc1cccc([NH2+]O)c1N. The maximum Gasteiger partial charge on any atom is 0.187 e. The zero-order valence-corrected chi connectivity index (χ0v) is 5.41. The highest BCUT2D eigenvalue weighted by Gasteiger charge is 2.02. The molecule has 10 heavy (non-hydrogen) atoms. The number of nitrogen functional groups attached to an aromatic ring is 2. The predicted octanol–water partition coefficient (Wildman–Crippen LogP) is -0.565. The predicted molar refractivity (Wildman–Crippen MR) is 38.6 cm³/mol. The standard InChI is InChI=1S/C6H9N3O/c7-4-2-1-3-5(9-10)6(4)8/h1-3,9-10H,7-8H2/p+1. The average molecular weight is 140 g/mol. The number of hydrogen-bond donors (Lipinski definition) is 4. The van der Waals surface area contributed by atoms with Crippen molar-refractivity contribution in [1.82, 2.24) is 0 Å². The van der Waals surface area contributed by atoms with E-state index in [1.165, 1.54) is 0 Å². The second-order valence-corrected chi connectivity index (χ2v) is 1.98. The van der Waals surface area contributed by atoms with Gasteiger partial charge in [0.1, 0.15) is 5.69 Å². The minimum absolute atomic E-state index is 0.421. The Morgan fingerprint density at radius 1 is 1.30 bits per heavy atom. The molecule has 54 valence electrons. The van der Waals surface area contributed by atoms with Crippen molar-refractivity contribution in [1.29, 1.82) is 0 Å². The first-order valence-electron chi connectivity index (χ1n) is 2.87. The maximum atomic E-state index is 8.58. The second kappa shape index (κ2) is 2.55. The molecule has 1 aromatic rings. The molecule has 0 saturated heterocycles. The third-order valence-electron chi connectivity index (χ3n) is 1.31. The molecule has 0 unspecified atom stereocenters. The highest BCUT2D eigenvalue weighted by atomic mass is 16.5. The van der Waals surface area contributed by atoms with Crippen molar-refractivity contribution in [3.63, 3.8) is 0 Å². The molecule has 0 amide bonds. The summed E-state index contributed by atoms with van der Waals surface area (Å²) in [4.78, 5) is 0. The monoisotopic (exact) mass is 140 g/mol. The summed E-state index contributed by atoms with van der Waals surface area (Å²) in [6, 6.07) is 5.10. The third-order valence-corrected chi connectivity index (χ3v) is 1.31. The number of anilines is 2. The summed E-state index contributed by atoms with van der Waals surface area (Å²) in [5.74, 6) is 0. The summed E-state index contributed by atoms with van der Waals surface area (Å²) in [6.07, 6.45) is 0. The molecule has 0 fully saturated rings. The summed E-state index contributed by atoms with van der Waals surface area (Å²) >= 11 is 0. The van der Waals surface area contributed by atoms with E-state index < -0.39 is 0 Å². The maximum absolute atomic E-state index is 8.58. The minimum atomic E-state index is 0.421. The number of benzene rings is 1. The Bertz CT molecular complexity index is 236. The number of para-hydroxylation sites is 1. The van der Waals surface area contributed by atoms with Crippen molar-refractivity contribution < 1.29 is 10.7 Å². The van der Waals surface area contributed by atoms with Crippen LogP contribution in [0, 0.1) is 0 Å². The molecule has 7 N–H and O–H groups in total. The van der Waals surface area contributed by atoms with Gasteiger partial charge in [-0.25, -0.2) is 5.21 Å². The molecule has 0 aliphatic carbocycles. The van der Waals surface area contributed by atoms with Gasteiger partial charge in [0.2, 0.25) is 0 Å². The molecule has 0 radical (unpaired) electrons. The van der Waals surface area contributed by atoms with Gasteiger partial charge in [-0.3, -0.25) is 0 Å². The van der Waals surface area contributed by atoms with Gasteiger partial charge >= 0.3 is 0 Å². The van der Waals surface area contributed by atoms with E-state index in [1.807, 2.05) is 0 Å². The van der Waals surface area contributed by atoms with Crippen LogP contribution in [0.15, 0.2) is 18.2 Å². The van der Waals surface area contributed by atoms with Crippen LogP contribution in [0.3, 0.4) is 0 Å². The van der Waals surface area contributed by atoms with Gasteiger partial charge in [-0.2, -0.15) is 5.48 Å². The normalized spacial score (nSPS) is 9.70. The molecule has 0 bridgehead atoms. The minimum Gasteiger partial charge on any atom is -0.397 e. The second-order valence-electron chi connectivity index (χ2n) is 1.98. The third kappa shape index (κ3) is 1.02. The lowest BCUT2D eigenvalue weighted by atomic mass is 10.2. The van der Waals surface area contributed by atoms with Crippen molar-refractivity contribution in [2.75, 3.05) is 11.5 Å². The highest BCUT2D eigenvalue weighted by molar-refractivity contribution is 5.73. The lowest BCUT2D eigenvalue weighted by Crippen LogP contribution is -2.74. The molecule has 0 aliphatic heterocycles. The van der Waals surface area contributed by atoms with Gasteiger partial charge in [-0.05, 0) is 6.07 Å². The summed E-state index contributed by atoms with van der Waals surface area (Å²) in [6.45, 7) is 0. The van der Waals surface area contributed by atoms with E-state index in [1.54, 1.807) is 18.2 Å². The Morgan fingerprint density at radius 2 is 2.00 bits per heavy atom. The van der Waals surface area contributed by atoms with Crippen molar-refractivity contribution >= 4 is 17.1 Å². The highest BCUT2D eigenvalue weighted by Crippen LogP contribution is 2.19. The fourth-order valence-electron chi connectivity index (χ4n) is 0.714. The van der Waals surface area contributed by atoms with Gasteiger partial charge in [0.15, 0.2) is 5.69 Å². The van der Waals surface area contributed by atoms with E-state index in [0.717, 1.165) is 5.48 Å². The Morgan fingerprint density at radius 3 is 2.50 bits per heavy atom. The zero-order chi connectivity index (χ0) is 7.56. The van der Waals surface area contributed by atoms with Gasteiger partial charge < -0.3 is 11.5 Å². The number of rotatable bonds is 1. The smallest absolute Gasteiger partial charge is 0.187 e. The largest absolute Gasteiger partial charge is 0.397 e. The Hall–Kier alpha value is -1.26. The number of nitrogens with two attached hydrogens (primary N) is 3. The molecule has 0 aromatic heterocycles. The Kier molecular flexibility index (Phi) is 1.75. The van der Waals surface area contributed by atoms with E-state index in [9.17, 15) is 0 Å². The van der Waals surface area contributed by atoms with Crippen LogP contribution in [0.25, 0.3) is 0 Å². The van der Waals surface area contributed by atoms with Gasteiger partial charge in [0.05, 0.1) is 5.69 Å². The summed E-state index contributed by atoms with van der Waals surface area (Å²) in [5.41, 5.74) is 13.3. The van der Waals surface area contributed by atoms with Crippen LogP contribution in [0.1, 0.15) is 0 Å². The zero-order valence-electron chi connectivity index (χ0n) is 5.41. The molecule has 0 heterocycles. The van der Waals surface area contributed by atoms with Crippen LogP contribution in [-0.2, 0) is 0 Å². The van der Waals surface area contributed by atoms with Crippen molar-refractivity contribution in [3.8, 4) is 0 Å². The van der Waals surface area contributed by atoms with Crippen LogP contribution < -0.4 is 16.9 Å². The molecule has 1 rings (SSSR count). The van der Waals surface area contributed by atoms with E-state index in [0.29, 0.717) is 17.1 Å². The van der Waals surface area contributed by atoms with Crippen molar-refractivity contribution in [2.45, 2.75) is 0 Å². The van der Waals surface area contributed by atoms with E-state index in [-0.39, 0.29) is 0 Å². The summed E-state index contributed by atoms with van der Waals surface area (Å²) in [7, 11) is 0. The molecular weight excluding hydrogens is 130 g/mol. The Labute approximate surface area is 58.4 Å². The van der Waals surface area contributed by atoms with Crippen LogP contribution in [0.2, 0.25) is 0 Å². The average Bonchev–Trinajstić information content (AvgIpc) is 1.95. The van der Waals surface area contributed by atoms with E-state index >= 15 is 0 Å². The fraction of sp³-hybridized carbons (Fsp3) is 0. The molecule has 0 saturated carbocycles. The van der Waals surface area contributed by atoms with E-state index in [4.69, 9.17) is 16.7 Å². The molecular formula is C6H10N3O+. The Balaban J connectivity index is 3.14. The van der Waals surface area contributed by atoms with Gasteiger partial charge in [0.25, 0.3) is 0 Å². The van der Waals surface area contributed by atoms with Crippen LogP contribution in [0.4, 0.5) is 17.1 Å². The molecule has 4 heteroatoms. The van der Waals surface area contributed by atoms with Crippen LogP contribution >= 0.6 is 0 Å². The van der Waals surface area contributed by atoms with Crippen molar-refractivity contribution in [3.05, 3.63) is 18.2 Å². The fourth-order valence-corrected chi connectivity index (χ4v) is 0.714. The first-order valence-corrected chi connectivity index (χ1v) is 2.87. The first kappa shape index (κ1) is 6.85. The van der Waals surface area contributed by atoms with Gasteiger partial charge in [-0.1, -0.05) is 6.07 Å². The molecule has 0 spiro atoms. The number of quaternary nitrogens is 1. The summed E-state index contributed by atoms with van der Waals surface area (Å²) in [5, 5.41) is 8.58. The summed E-state index contributed by atoms with van der Waals surface area (Å²) < 4.78 is 0. The van der Waals surface area contributed by atoms with E-state index in [2.05, 4.69) is 0 Å². The lowest BCUT2D eigenvalue weighted by Gasteiger charge is -1.99. The quantitative estimate of drug-likeness (QED) is 0.311. The number of hydrogen-bond acceptors (Lipinski definition) is 3. The van der Waals surface area contributed by atoms with Gasteiger partial charge in [0, 0.05) is 6.07 Å². The molecule has 0 aliphatic rings. The van der Waals surface area contributed by atoms with Crippen LogP contribution in [0.5, 0.6) is 0 Å². The molecule has 1 aromatic carbocycles. The first-order chi connectivity index (χ1) is 4.75. The van der Waals surface area contributed by atoms with Crippen molar-refractivity contribution in [2.24, 2.45) is 0 Å². The topological polar surface area (TPSA) is 88.9 Å².